The van der Waals surface area contributed by atoms with Gasteiger partial charge in [0.2, 0.25) is 0 Å². The zero-order valence-corrected chi connectivity index (χ0v) is 12.3. The smallest absolute Gasteiger partial charge is 0.251 e. The molecule has 3 nitrogen and oxygen atoms in total. The second-order valence-corrected chi connectivity index (χ2v) is 5.87. The molecule has 0 fully saturated rings. The van der Waals surface area contributed by atoms with Gasteiger partial charge in [0.1, 0.15) is 0 Å². The summed E-state index contributed by atoms with van der Waals surface area (Å²) in [6.07, 6.45) is 0. The molecule has 0 aliphatic heterocycles. The van der Waals surface area contributed by atoms with Crippen molar-refractivity contribution in [1.82, 2.24) is 9.97 Å². The average Bonchev–Trinajstić information content (AvgIpc) is 2.37. The summed E-state index contributed by atoms with van der Waals surface area (Å²) in [6.45, 7) is 6.15. The van der Waals surface area contributed by atoms with Crippen LogP contribution in [0.15, 0.2) is 40.3 Å². The Labute approximate surface area is 117 Å². The molecule has 4 heteroatoms. The van der Waals surface area contributed by atoms with Crippen LogP contribution in [0.5, 0.6) is 0 Å². The third-order valence-electron chi connectivity index (χ3n) is 2.83. The zero-order valence-electron chi connectivity index (χ0n) is 11.4. The number of hydrogen-bond acceptors (Lipinski definition) is 3. The van der Waals surface area contributed by atoms with Crippen molar-refractivity contribution in [2.24, 2.45) is 0 Å². The first kappa shape index (κ1) is 13.9. The Kier molecular flexibility index (Phi) is 4.43. The maximum Gasteiger partial charge on any atom is 0.251 e. The van der Waals surface area contributed by atoms with E-state index in [-0.39, 0.29) is 11.5 Å². The van der Waals surface area contributed by atoms with Crippen LogP contribution in [0.1, 0.15) is 36.6 Å². The maximum absolute atomic E-state index is 11.6. The number of aromatic amines is 1. The fraction of sp³-hybridized carbons (Fsp3) is 0.333. The molecular weight excluding hydrogens is 256 g/mol. The molecule has 1 N–H and O–H groups in total. The van der Waals surface area contributed by atoms with E-state index in [4.69, 9.17) is 0 Å². The molecule has 2 rings (SSSR count). The molecule has 0 aliphatic carbocycles. The van der Waals surface area contributed by atoms with Gasteiger partial charge in [-0.15, -0.1) is 0 Å². The average molecular weight is 274 g/mol. The molecule has 2 aromatic rings. The van der Waals surface area contributed by atoms with Crippen molar-refractivity contribution >= 4 is 11.8 Å². The van der Waals surface area contributed by atoms with Crippen LogP contribution in [0.25, 0.3) is 0 Å². The molecule has 1 heterocycles. The number of nitrogens with one attached hydrogen (secondary N) is 1. The first-order valence-electron chi connectivity index (χ1n) is 6.34. The van der Waals surface area contributed by atoms with Gasteiger partial charge in [0.05, 0.1) is 5.69 Å². The Bertz CT molecular complexity index is 602. The Balaban J connectivity index is 2.11. The second-order valence-electron chi connectivity index (χ2n) is 4.90. The fourth-order valence-electron chi connectivity index (χ4n) is 1.65. The van der Waals surface area contributed by atoms with Crippen molar-refractivity contribution in [3.8, 4) is 0 Å². The summed E-state index contributed by atoms with van der Waals surface area (Å²) < 4.78 is 0. The number of H-pyrrole nitrogens is 1. The topological polar surface area (TPSA) is 45.8 Å². The van der Waals surface area contributed by atoms with Gasteiger partial charge >= 0.3 is 0 Å². The summed E-state index contributed by atoms with van der Waals surface area (Å²) in [7, 11) is 0. The van der Waals surface area contributed by atoms with Crippen LogP contribution in [0.4, 0.5) is 0 Å². The second kappa shape index (κ2) is 6.06. The van der Waals surface area contributed by atoms with Gasteiger partial charge in [-0.1, -0.05) is 55.4 Å². The predicted molar refractivity (Wildman–Crippen MR) is 79.7 cm³/mol. The van der Waals surface area contributed by atoms with E-state index in [0.29, 0.717) is 5.16 Å². The number of thioether (sulfide) groups is 1. The van der Waals surface area contributed by atoms with Gasteiger partial charge in [-0.3, -0.25) is 4.79 Å². The maximum atomic E-state index is 11.6. The van der Waals surface area contributed by atoms with E-state index in [1.807, 2.05) is 13.8 Å². The summed E-state index contributed by atoms with van der Waals surface area (Å²) in [5.74, 6) is 1.08. The molecule has 19 heavy (non-hydrogen) atoms. The molecule has 0 radical (unpaired) electrons. The van der Waals surface area contributed by atoms with Crippen LogP contribution in [-0.4, -0.2) is 9.97 Å². The molecule has 0 spiro atoms. The lowest BCUT2D eigenvalue weighted by Crippen LogP contribution is -2.10. The van der Waals surface area contributed by atoms with Crippen LogP contribution >= 0.6 is 11.8 Å². The Morgan fingerprint density at radius 3 is 2.58 bits per heavy atom. The highest BCUT2D eigenvalue weighted by Gasteiger charge is 2.05. The molecule has 0 atom stereocenters. The van der Waals surface area contributed by atoms with Crippen LogP contribution in [0, 0.1) is 6.92 Å². The monoisotopic (exact) mass is 274 g/mol. The molecule has 0 amide bonds. The minimum atomic E-state index is -0.0786. The first-order valence-corrected chi connectivity index (χ1v) is 7.33. The van der Waals surface area contributed by atoms with Crippen LogP contribution in [-0.2, 0) is 5.75 Å². The SMILES string of the molecule is Cc1ccc(CSc2nc(C(C)C)cc(=O)[nH]2)cc1. The minimum Gasteiger partial charge on any atom is -0.301 e. The molecule has 0 saturated carbocycles. The van der Waals surface area contributed by atoms with Gasteiger partial charge in [-0.2, -0.15) is 0 Å². The van der Waals surface area contributed by atoms with E-state index in [2.05, 4.69) is 41.2 Å². The standard InChI is InChI=1S/C15H18N2OS/c1-10(2)13-8-14(18)17-15(16-13)19-9-12-6-4-11(3)5-7-12/h4-8,10H,9H2,1-3H3,(H,16,17,18). The van der Waals surface area contributed by atoms with E-state index in [9.17, 15) is 4.79 Å². The fourth-order valence-corrected chi connectivity index (χ4v) is 2.49. The number of rotatable bonds is 4. The van der Waals surface area contributed by atoms with Crippen molar-refractivity contribution in [2.45, 2.75) is 37.6 Å². The van der Waals surface area contributed by atoms with E-state index in [1.54, 1.807) is 17.8 Å². The minimum absolute atomic E-state index is 0.0786. The van der Waals surface area contributed by atoms with E-state index in [1.165, 1.54) is 11.1 Å². The highest BCUT2D eigenvalue weighted by molar-refractivity contribution is 7.98. The van der Waals surface area contributed by atoms with Gasteiger partial charge in [0.25, 0.3) is 5.56 Å². The molecule has 0 aliphatic rings. The number of aromatic nitrogens is 2. The third kappa shape index (κ3) is 3.96. The number of benzene rings is 1. The van der Waals surface area contributed by atoms with Crippen LogP contribution < -0.4 is 5.56 Å². The lowest BCUT2D eigenvalue weighted by Gasteiger charge is -2.06. The first-order chi connectivity index (χ1) is 9.04. The predicted octanol–water partition coefficient (Wildman–Crippen LogP) is 3.49. The molecular formula is C15H18N2OS. The van der Waals surface area contributed by atoms with E-state index in [0.717, 1.165) is 11.4 Å². The number of aryl methyl sites for hydroxylation is 1. The Hall–Kier alpha value is -1.55. The normalized spacial score (nSPS) is 10.9. The van der Waals surface area contributed by atoms with Crippen molar-refractivity contribution in [3.05, 3.63) is 57.5 Å². The zero-order chi connectivity index (χ0) is 13.8. The van der Waals surface area contributed by atoms with Crippen LogP contribution in [0.3, 0.4) is 0 Å². The van der Waals surface area contributed by atoms with Gasteiger partial charge in [0, 0.05) is 11.8 Å². The van der Waals surface area contributed by atoms with Gasteiger partial charge < -0.3 is 4.98 Å². The quantitative estimate of drug-likeness (QED) is 0.685. The molecule has 1 aromatic heterocycles. The Morgan fingerprint density at radius 1 is 1.26 bits per heavy atom. The Morgan fingerprint density at radius 2 is 1.95 bits per heavy atom. The summed E-state index contributed by atoms with van der Waals surface area (Å²) in [5, 5.41) is 0.691. The molecule has 100 valence electrons. The van der Waals surface area contributed by atoms with Gasteiger partial charge in [-0.05, 0) is 18.4 Å². The summed E-state index contributed by atoms with van der Waals surface area (Å²) in [4.78, 5) is 18.8. The van der Waals surface area contributed by atoms with Gasteiger partial charge in [0.15, 0.2) is 5.16 Å². The number of nitrogens with zero attached hydrogens (tertiary/aromatic N) is 1. The van der Waals surface area contributed by atoms with E-state index < -0.39 is 0 Å². The van der Waals surface area contributed by atoms with E-state index >= 15 is 0 Å². The lowest BCUT2D eigenvalue weighted by atomic mass is 10.1. The van der Waals surface area contributed by atoms with Crippen molar-refractivity contribution in [1.29, 1.82) is 0 Å². The summed E-state index contributed by atoms with van der Waals surface area (Å²) >= 11 is 1.56. The largest absolute Gasteiger partial charge is 0.301 e. The summed E-state index contributed by atoms with van der Waals surface area (Å²) in [5.41, 5.74) is 3.25. The van der Waals surface area contributed by atoms with Crippen molar-refractivity contribution in [3.63, 3.8) is 0 Å². The highest BCUT2D eigenvalue weighted by atomic mass is 32.2. The lowest BCUT2D eigenvalue weighted by molar-refractivity contribution is 0.769. The molecule has 0 unspecified atom stereocenters. The van der Waals surface area contributed by atoms with Crippen LogP contribution in [0.2, 0.25) is 0 Å². The third-order valence-corrected chi connectivity index (χ3v) is 3.77. The summed E-state index contributed by atoms with van der Waals surface area (Å²) in [6, 6.07) is 9.97. The van der Waals surface area contributed by atoms with Crippen molar-refractivity contribution in [2.75, 3.05) is 0 Å². The molecule has 0 saturated heterocycles. The molecule has 1 aromatic carbocycles. The highest BCUT2D eigenvalue weighted by Crippen LogP contribution is 2.20. The van der Waals surface area contributed by atoms with Crippen molar-refractivity contribution < 1.29 is 0 Å². The number of hydrogen-bond donors (Lipinski definition) is 1. The molecule has 0 bridgehead atoms. The van der Waals surface area contributed by atoms with Gasteiger partial charge in [-0.25, -0.2) is 4.98 Å².